The zero-order chi connectivity index (χ0) is 15.6. The van der Waals surface area contributed by atoms with E-state index in [1.54, 1.807) is 6.07 Å². The van der Waals surface area contributed by atoms with Gasteiger partial charge in [0.05, 0.1) is 0 Å². The molecule has 0 aliphatic rings. The number of aromatic nitrogens is 2. The van der Waals surface area contributed by atoms with E-state index in [0.29, 0.717) is 0 Å². The maximum absolute atomic E-state index is 13.5. The predicted octanol–water partition coefficient (Wildman–Crippen LogP) is 1.44. The Hall–Kier alpha value is -2.21. The molecule has 0 saturated carbocycles. The lowest BCUT2D eigenvalue weighted by molar-refractivity contribution is -0.479. The van der Waals surface area contributed by atoms with Crippen LogP contribution in [0.25, 0.3) is 33.0 Å². The summed E-state index contributed by atoms with van der Waals surface area (Å²) in [5.41, 5.74) is 5.61. The highest BCUT2D eigenvalue weighted by atomic mass is 127. The van der Waals surface area contributed by atoms with Gasteiger partial charge in [0.25, 0.3) is 5.65 Å². The Morgan fingerprint density at radius 2 is 1.71 bits per heavy atom. The lowest BCUT2D eigenvalue weighted by Gasteiger charge is -2.00. The van der Waals surface area contributed by atoms with E-state index in [-0.39, 0.29) is 29.8 Å². The van der Waals surface area contributed by atoms with Crippen LogP contribution in [-0.2, 0) is 0 Å². The van der Waals surface area contributed by atoms with E-state index in [9.17, 15) is 4.39 Å². The van der Waals surface area contributed by atoms with Crippen LogP contribution in [0, 0.1) is 12.7 Å². The van der Waals surface area contributed by atoms with Crippen LogP contribution >= 0.6 is 0 Å². The minimum absolute atomic E-state index is 0. The number of pyridine rings is 2. The highest BCUT2D eigenvalue weighted by Crippen LogP contribution is 2.22. The lowest BCUT2D eigenvalue weighted by atomic mass is 10.1. The predicted molar refractivity (Wildman–Crippen MR) is 90.3 cm³/mol. The third kappa shape index (κ3) is 2.09. The monoisotopic (exact) mass is 428 g/mol. The molecule has 0 aliphatic carbocycles. The third-order valence-electron chi connectivity index (χ3n) is 4.51. The Morgan fingerprint density at radius 3 is 2.58 bits per heavy atom. The molecule has 0 N–H and O–H groups in total. The van der Waals surface area contributed by atoms with E-state index in [4.69, 9.17) is 0 Å². The van der Waals surface area contributed by atoms with Crippen LogP contribution in [0.4, 0.5) is 4.39 Å². The van der Waals surface area contributed by atoms with E-state index in [1.165, 1.54) is 22.5 Å². The number of hydrogen-bond acceptors (Lipinski definition) is 0. The number of fused-ring (bicyclic) bond motifs is 7. The van der Waals surface area contributed by atoms with Gasteiger partial charge in [0.1, 0.15) is 23.0 Å². The molecule has 0 fully saturated rings. The summed E-state index contributed by atoms with van der Waals surface area (Å²) in [5.74, 6) is -0.207. The van der Waals surface area contributed by atoms with Crippen molar-refractivity contribution in [1.82, 2.24) is 4.40 Å². The molecule has 0 radical (unpaired) electrons. The standard InChI is InChI=1S/C20H14FN2.HI/c1-13-2-7-18-14(10-13)4-9-20-22(18)12-17-6-3-15-11-16(21)5-8-19(15)23(17)20;/h2-12H,1H3;1H/q+1;/p-1. The number of halogens is 2. The first-order valence-corrected chi connectivity index (χ1v) is 7.65. The molecule has 0 aliphatic heterocycles. The summed E-state index contributed by atoms with van der Waals surface area (Å²) in [6.07, 6.45) is 2.13. The second-order valence-electron chi connectivity index (χ2n) is 6.05. The lowest BCUT2D eigenvalue weighted by Crippen LogP contribution is -3.00. The molecule has 0 atom stereocenters. The molecule has 3 heterocycles. The Balaban J connectivity index is 0.00000146. The van der Waals surface area contributed by atoms with Gasteiger partial charge < -0.3 is 24.0 Å². The molecule has 24 heavy (non-hydrogen) atoms. The fourth-order valence-electron chi connectivity index (χ4n) is 3.45. The van der Waals surface area contributed by atoms with E-state index >= 15 is 0 Å². The average molecular weight is 428 g/mol. The molecule has 0 amide bonds. The fraction of sp³-hybridized carbons (Fsp3) is 0.0500. The van der Waals surface area contributed by atoms with Gasteiger partial charge in [-0.2, -0.15) is 8.80 Å². The zero-order valence-corrected chi connectivity index (χ0v) is 15.2. The number of nitrogens with zero attached hydrogens (tertiary/aromatic N) is 2. The van der Waals surface area contributed by atoms with Crippen LogP contribution in [0.1, 0.15) is 5.56 Å². The Morgan fingerprint density at radius 1 is 0.875 bits per heavy atom. The summed E-state index contributed by atoms with van der Waals surface area (Å²) >= 11 is 0. The second-order valence-corrected chi connectivity index (χ2v) is 6.05. The third-order valence-corrected chi connectivity index (χ3v) is 4.51. The summed E-state index contributed by atoms with van der Waals surface area (Å²) in [5, 5.41) is 2.12. The van der Waals surface area contributed by atoms with Crippen LogP contribution in [-0.4, -0.2) is 4.40 Å². The molecular formula is C20H14FIN2. The Kier molecular flexibility index (Phi) is 3.46. The molecule has 2 aromatic carbocycles. The molecule has 3 aromatic heterocycles. The summed E-state index contributed by atoms with van der Waals surface area (Å²) in [4.78, 5) is 0. The first-order valence-electron chi connectivity index (χ1n) is 7.65. The minimum atomic E-state index is -0.207. The van der Waals surface area contributed by atoms with Crippen LogP contribution < -0.4 is 28.4 Å². The van der Waals surface area contributed by atoms with Crippen molar-refractivity contribution in [3.05, 3.63) is 78.2 Å². The van der Waals surface area contributed by atoms with Crippen molar-refractivity contribution in [3.63, 3.8) is 0 Å². The topological polar surface area (TPSA) is 8.51 Å². The molecule has 0 saturated heterocycles. The van der Waals surface area contributed by atoms with Gasteiger partial charge in [-0.15, -0.1) is 0 Å². The molecule has 0 spiro atoms. The van der Waals surface area contributed by atoms with Crippen LogP contribution in [0.5, 0.6) is 0 Å². The first-order chi connectivity index (χ1) is 11.2. The smallest absolute Gasteiger partial charge is 0.292 e. The SMILES string of the molecule is Cc1ccc2c(ccc3n4c(ccc5cc(F)ccc54)c[n+]23)c1.[I-]. The highest BCUT2D eigenvalue weighted by Gasteiger charge is 2.16. The molecule has 0 bridgehead atoms. The van der Waals surface area contributed by atoms with Crippen molar-refractivity contribution < 1.29 is 32.8 Å². The number of benzene rings is 2. The summed E-state index contributed by atoms with van der Waals surface area (Å²) in [6.45, 7) is 2.10. The molecular weight excluding hydrogens is 414 g/mol. The van der Waals surface area contributed by atoms with Gasteiger partial charge in [-0.1, -0.05) is 11.6 Å². The van der Waals surface area contributed by atoms with E-state index in [2.05, 4.69) is 52.3 Å². The van der Waals surface area contributed by atoms with Gasteiger partial charge in [0.2, 0.25) is 0 Å². The van der Waals surface area contributed by atoms with Gasteiger partial charge in [0, 0.05) is 16.8 Å². The first kappa shape index (κ1) is 15.3. The van der Waals surface area contributed by atoms with Crippen LogP contribution in [0.15, 0.2) is 66.9 Å². The largest absolute Gasteiger partial charge is 1.00 e. The Labute approximate surface area is 155 Å². The van der Waals surface area contributed by atoms with Gasteiger partial charge >= 0.3 is 0 Å². The molecule has 2 nitrogen and oxygen atoms in total. The van der Waals surface area contributed by atoms with Gasteiger partial charge in [-0.3, -0.25) is 0 Å². The quantitative estimate of drug-likeness (QED) is 0.261. The minimum Gasteiger partial charge on any atom is -1.00 e. The van der Waals surface area contributed by atoms with Crippen LogP contribution in [0.3, 0.4) is 0 Å². The van der Waals surface area contributed by atoms with Gasteiger partial charge in [-0.05, 0) is 55.5 Å². The number of hydrogen-bond donors (Lipinski definition) is 0. The van der Waals surface area contributed by atoms with Crippen LogP contribution in [0.2, 0.25) is 0 Å². The molecule has 5 aromatic rings. The fourth-order valence-corrected chi connectivity index (χ4v) is 3.45. The van der Waals surface area contributed by atoms with E-state index in [1.807, 2.05) is 18.2 Å². The molecule has 0 unspecified atom stereocenters. The van der Waals surface area contributed by atoms with E-state index in [0.717, 1.165) is 22.1 Å². The van der Waals surface area contributed by atoms with Crippen molar-refractivity contribution >= 4 is 33.0 Å². The van der Waals surface area contributed by atoms with Crippen molar-refractivity contribution in [1.29, 1.82) is 0 Å². The van der Waals surface area contributed by atoms with Crippen molar-refractivity contribution in [3.8, 4) is 0 Å². The second kappa shape index (κ2) is 5.41. The summed E-state index contributed by atoms with van der Waals surface area (Å²) in [6, 6.07) is 19.7. The summed E-state index contributed by atoms with van der Waals surface area (Å²) in [7, 11) is 0. The molecule has 118 valence electrons. The number of aryl methyl sites for hydroxylation is 1. The van der Waals surface area contributed by atoms with E-state index < -0.39 is 0 Å². The Bertz CT molecular complexity index is 1240. The summed E-state index contributed by atoms with van der Waals surface area (Å²) < 4.78 is 17.9. The van der Waals surface area contributed by atoms with Gasteiger partial charge in [-0.25, -0.2) is 4.39 Å². The van der Waals surface area contributed by atoms with Crippen molar-refractivity contribution in [2.75, 3.05) is 0 Å². The number of imidazole rings is 1. The molecule has 4 heteroatoms. The highest BCUT2D eigenvalue weighted by molar-refractivity contribution is 5.85. The number of rotatable bonds is 0. The van der Waals surface area contributed by atoms with Crippen molar-refractivity contribution in [2.45, 2.75) is 6.92 Å². The zero-order valence-electron chi connectivity index (χ0n) is 13.0. The maximum atomic E-state index is 13.5. The molecule has 5 rings (SSSR count). The van der Waals surface area contributed by atoms with Gasteiger partial charge in [0.15, 0.2) is 5.52 Å². The normalized spacial score (nSPS) is 11.4. The van der Waals surface area contributed by atoms with Crippen molar-refractivity contribution in [2.24, 2.45) is 0 Å². The maximum Gasteiger partial charge on any atom is 0.292 e. The average Bonchev–Trinajstić information content (AvgIpc) is 2.93.